The molecule has 0 saturated heterocycles. The van der Waals surface area contributed by atoms with E-state index in [9.17, 15) is 4.39 Å². The van der Waals surface area contributed by atoms with Crippen LogP contribution in [0.1, 0.15) is 0 Å². The van der Waals surface area contributed by atoms with Crippen molar-refractivity contribution in [3.05, 3.63) is 60.2 Å². The summed E-state index contributed by atoms with van der Waals surface area (Å²) < 4.78 is 13.9. The van der Waals surface area contributed by atoms with Crippen molar-refractivity contribution in [1.29, 1.82) is 0 Å². The van der Waals surface area contributed by atoms with Crippen LogP contribution in [0.5, 0.6) is 0 Å². The van der Waals surface area contributed by atoms with Crippen molar-refractivity contribution >= 4 is 11.6 Å². The van der Waals surface area contributed by atoms with Gasteiger partial charge in [-0.2, -0.15) is 0 Å². The molecule has 0 aliphatic rings. The molecule has 0 amide bonds. The fourth-order valence-corrected chi connectivity index (χ4v) is 1.97. The highest BCUT2D eigenvalue weighted by atomic mass is 35.5. The summed E-state index contributed by atoms with van der Waals surface area (Å²) in [5.74, 6) is -0.464. The molecule has 0 N–H and O–H groups in total. The van der Waals surface area contributed by atoms with Gasteiger partial charge in [-0.05, 0) is 18.2 Å². The van der Waals surface area contributed by atoms with Crippen molar-refractivity contribution < 1.29 is 4.39 Å². The summed E-state index contributed by atoms with van der Waals surface area (Å²) in [6.07, 6.45) is 7.30. The van der Waals surface area contributed by atoms with Gasteiger partial charge in [-0.1, -0.05) is 11.6 Å². The third-order valence-electron chi connectivity index (χ3n) is 2.71. The fourth-order valence-electron chi connectivity index (χ4n) is 1.84. The molecule has 3 aromatic rings. The molecule has 3 aromatic heterocycles. The molecule has 3 rings (SSSR count). The highest BCUT2D eigenvalue weighted by molar-refractivity contribution is 6.29. The monoisotopic (exact) mass is 286 g/mol. The minimum atomic E-state index is -0.464. The van der Waals surface area contributed by atoms with Gasteiger partial charge in [-0.3, -0.25) is 15.0 Å². The van der Waals surface area contributed by atoms with Crippen molar-refractivity contribution in [3.8, 4) is 22.5 Å². The summed E-state index contributed by atoms with van der Waals surface area (Å²) in [4.78, 5) is 16.2. The van der Waals surface area contributed by atoms with E-state index in [1.54, 1.807) is 24.5 Å². The smallest absolute Gasteiger partial charge is 0.150 e. The molecule has 0 unspecified atom stereocenters. The van der Waals surface area contributed by atoms with E-state index in [2.05, 4.69) is 19.9 Å². The van der Waals surface area contributed by atoms with Crippen LogP contribution < -0.4 is 0 Å². The zero-order valence-electron chi connectivity index (χ0n) is 10.2. The number of halogens is 2. The Morgan fingerprint density at radius 2 is 1.80 bits per heavy atom. The van der Waals surface area contributed by atoms with Crippen molar-refractivity contribution in [3.63, 3.8) is 0 Å². The first-order valence-corrected chi connectivity index (χ1v) is 6.16. The van der Waals surface area contributed by atoms with Crippen molar-refractivity contribution in [2.75, 3.05) is 0 Å². The lowest BCUT2D eigenvalue weighted by atomic mass is 10.1. The lowest BCUT2D eigenvalue weighted by Gasteiger charge is -2.08. The molecule has 0 atom stereocenters. The second-order valence-electron chi connectivity index (χ2n) is 3.99. The second-order valence-corrected chi connectivity index (χ2v) is 4.37. The van der Waals surface area contributed by atoms with E-state index in [-0.39, 0.29) is 5.15 Å². The average Bonchev–Trinajstić information content (AvgIpc) is 2.49. The number of rotatable bonds is 2. The van der Waals surface area contributed by atoms with Gasteiger partial charge in [0.2, 0.25) is 0 Å². The van der Waals surface area contributed by atoms with Crippen LogP contribution in [0.2, 0.25) is 5.15 Å². The maximum atomic E-state index is 13.9. The molecule has 0 aliphatic carbocycles. The normalized spacial score (nSPS) is 10.5. The zero-order valence-corrected chi connectivity index (χ0v) is 10.9. The van der Waals surface area contributed by atoms with Crippen LogP contribution in [-0.2, 0) is 0 Å². The summed E-state index contributed by atoms with van der Waals surface area (Å²) in [6.45, 7) is 0. The van der Waals surface area contributed by atoms with Gasteiger partial charge in [-0.25, -0.2) is 9.37 Å². The predicted octanol–water partition coefficient (Wildman–Crippen LogP) is 3.39. The van der Waals surface area contributed by atoms with Gasteiger partial charge >= 0.3 is 0 Å². The maximum Gasteiger partial charge on any atom is 0.150 e. The largest absolute Gasteiger partial charge is 0.264 e. The van der Waals surface area contributed by atoms with Crippen LogP contribution in [0.4, 0.5) is 4.39 Å². The first-order chi connectivity index (χ1) is 9.75. The van der Waals surface area contributed by atoms with E-state index in [1.807, 2.05) is 6.07 Å². The van der Waals surface area contributed by atoms with Crippen LogP contribution in [0.3, 0.4) is 0 Å². The highest BCUT2D eigenvalue weighted by Gasteiger charge is 2.15. The lowest BCUT2D eigenvalue weighted by molar-refractivity contribution is 0.624. The van der Waals surface area contributed by atoms with E-state index in [1.165, 1.54) is 12.4 Å². The first kappa shape index (κ1) is 12.6. The van der Waals surface area contributed by atoms with Crippen molar-refractivity contribution in [2.45, 2.75) is 0 Å². The van der Waals surface area contributed by atoms with Crippen LogP contribution in [0.15, 0.2) is 49.2 Å². The Morgan fingerprint density at radius 3 is 2.55 bits per heavy atom. The number of pyridine rings is 2. The molecular weight excluding hydrogens is 279 g/mol. The summed E-state index contributed by atoms with van der Waals surface area (Å²) >= 11 is 5.89. The van der Waals surface area contributed by atoms with Gasteiger partial charge in [0.1, 0.15) is 5.15 Å². The molecule has 6 heteroatoms. The molecule has 0 aliphatic heterocycles. The van der Waals surface area contributed by atoms with Crippen LogP contribution in [-0.4, -0.2) is 19.9 Å². The summed E-state index contributed by atoms with van der Waals surface area (Å²) in [6, 6.07) is 5.13. The van der Waals surface area contributed by atoms with Gasteiger partial charge in [0.15, 0.2) is 5.82 Å². The molecule has 3 heterocycles. The SMILES string of the molecule is Fc1cnccc1-c1ncc(Cl)nc1-c1cccnc1. The fraction of sp³-hybridized carbons (Fsp3) is 0. The second kappa shape index (κ2) is 5.30. The van der Waals surface area contributed by atoms with E-state index in [0.29, 0.717) is 22.5 Å². The molecule has 4 nitrogen and oxygen atoms in total. The van der Waals surface area contributed by atoms with Gasteiger partial charge < -0.3 is 0 Å². The quantitative estimate of drug-likeness (QED) is 0.724. The van der Waals surface area contributed by atoms with Crippen molar-refractivity contribution in [2.24, 2.45) is 0 Å². The Bertz CT molecular complexity index is 749. The summed E-state index contributed by atoms with van der Waals surface area (Å²) in [5.41, 5.74) is 1.93. The Labute approximate surface area is 119 Å². The topological polar surface area (TPSA) is 51.6 Å². The van der Waals surface area contributed by atoms with Crippen LogP contribution in [0, 0.1) is 5.82 Å². The standard InChI is InChI=1S/C14H8ClFN4/c15-12-8-19-14(10-3-5-18-7-11(10)16)13(20-12)9-2-1-4-17-6-9/h1-8H. The number of hydrogen-bond donors (Lipinski definition) is 0. The third kappa shape index (κ3) is 2.35. The third-order valence-corrected chi connectivity index (χ3v) is 2.89. The highest BCUT2D eigenvalue weighted by Crippen LogP contribution is 2.30. The summed E-state index contributed by atoms with van der Waals surface area (Å²) in [7, 11) is 0. The average molecular weight is 287 g/mol. The minimum Gasteiger partial charge on any atom is -0.264 e. The Morgan fingerprint density at radius 1 is 0.950 bits per heavy atom. The Hall–Kier alpha value is -2.40. The predicted molar refractivity (Wildman–Crippen MR) is 73.5 cm³/mol. The van der Waals surface area contributed by atoms with E-state index in [0.717, 1.165) is 6.20 Å². The number of hydrogen-bond acceptors (Lipinski definition) is 4. The lowest BCUT2D eigenvalue weighted by Crippen LogP contribution is -1.96. The molecule has 0 fully saturated rings. The minimum absolute atomic E-state index is 0.238. The number of nitrogens with zero attached hydrogens (tertiary/aromatic N) is 4. The molecule has 98 valence electrons. The molecule has 0 saturated carbocycles. The number of aromatic nitrogens is 4. The zero-order chi connectivity index (χ0) is 13.9. The van der Waals surface area contributed by atoms with Crippen molar-refractivity contribution in [1.82, 2.24) is 19.9 Å². The van der Waals surface area contributed by atoms with Gasteiger partial charge in [-0.15, -0.1) is 0 Å². The molecule has 0 aromatic carbocycles. The van der Waals surface area contributed by atoms with Crippen LogP contribution in [0.25, 0.3) is 22.5 Å². The van der Waals surface area contributed by atoms with Gasteiger partial charge in [0, 0.05) is 29.7 Å². The molecule has 0 spiro atoms. The molecular formula is C14H8ClFN4. The molecule has 0 radical (unpaired) electrons. The van der Waals surface area contributed by atoms with Gasteiger partial charge in [0.25, 0.3) is 0 Å². The Kier molecular flexibility index (Phi) is 3.35. The van der Waals surface area contributed by atoms with E-state index < -0.39 is 5.82 Å². The van der Waals surface area contributed by atoms with E-state index >= 15 is 0 Å². The summed E-state index contributed by atoms with van der Waals surface area (Å²) in [5, 5.41) is 0.238. The van der Waals surface area contributed by atoms with E-state index in [4.69, 9.17) is 11.6 Å². The molecule has 0 bridgehead atoms. The maximum absolute atomic E-state index is 13.9. The molecule has 20 heavy (non-hydrogen) atoms. The first-order valence-electron chi connectivity index (χ1n) is 5.78. The Balaban J connectivity index is 2.25. The van der Waals surface area contributed by atoms with Crippen LogP contribution >= 0.6 is 11.6 Å². The van der Waals surface area contributed by atoms with Gasteiger partial charge in [0.05, 0.1) is 23.8 Å².